The molecule has 2 amide bonds. The highest BCUT2D eigenvalue weighted by atomic mass is 32.2. The van der Waals surface area contributed by atoms with Crippen LogP contribution in [0.4, 0.5) is 16.4 Å². The molecule has 2 unspecified atom stereocenters. The predicted octanol–water partition coefficient (Wildman–Crippen LogP) is 7.36. The number of fused-ring (bicyclic) bond motifs is 1. The van der Waals surface area contributed by atoms with Crippen molar-refractivity contribution in [1.82, 2.24) is 0 Å². The van der Waals surface area contributed by atoms with Crippen LogP contribution in [0.5, 0.6) is 0 Å². The van der Waals surface area contributed by atoms with Crippen molar-refractivity contribution in [2.75, 3.05) is 17.2 Å². The van der Waals surface area contributed by atoms with Gasteiger partial charge in [0.1, 0.15) is 5.00 Å². The molecule has 222 valence electrons. The molecule has 1 aromatic heterocycles. The van der Waals surface area contributed by atoms with Crippen molar-refractivity contribution < 1.29 is 24.0 Å². The number of thioether (sulfide) groups is 1. The number of nitrogens with zero attached hydrogens (tertiary/aromatic N) is 1. The Hall–Kier alpha value is -3.70. The van der Waals surface area contributed by atoms with Crippen molar-refractivity contribution >= 4 is 57.3 Å². The monoisotopic (exact) mass is 609 g/mol. The Morgan fingerprint density at radius 3 is 2.57 bits per heavy atom. The number of hydrogen-bond donors (Lipinski definition) is 2. The van der Waals surface area contributed by atoms with Gasteiger partial charge in [-0.2, -0.15) is 0 Å². The second-order valence-electron chi connectivity index (χ2n) is 11.3. The molecule has 1 heterocycles. The van der Waals surface area contributed by atoms with Gasteiger partial charge in [0.15, 0.2) is 0 Å². The highest BCUT2D eigenvalue weighted by Crippen LogP contribution is 2.44. The summed E-state index contributed by atoms with van der Waals surface area (Å²) in [6.45, 7) is 10.5. The number of nitrogens with one attached hydrogen (secondary N) is 2. The minimum Gasteiger partial charge on any atom is -0.462 e. The SMILES string of the molecule is CCOC(=O)c1c(NC(=O)C(C)Sc2cccc(NC(=O)c3cccc([N+](=O)[O-])c3)c2)sc2c1CCC(C(C)(C)C)C2. The lowest BCUT2D eigenvalue weighted by Crippen LogP contribution is -2.27. The maximum atomic E-state index is 13.3. The molecule has 2 atom stereocenters. The third-order valence-electron chi connectivity index (χ3n) is 7.30. The third kappa shape index (κ3) is 7.38. The van der Waals surface area contributed by atoms with Crippen molar-refractivity contribution in [3.05, 3.63) is 80.2 Å². The Morgan fingerprint density at radius 1 is 1.14 bits per heavy atom. The van der Waals surface area contributed by atoms with E-state index in [0.717, 1.165) is 34.6 Å². The number of benzene rings is 2. The second-order valence-corrected chi connectivity index (χ2v) is 13.8. The van der Waals surface area contributed by atoms with Crippen LogP contribution in [0, 0.1) is 21.4 Å². The first-order valence-corrected chi connectivity index (χ1v) is 15.5. The molecular formula is C31H35N3O6S2. The average molecular weight is 610 g/mol. The summed E-state index contributed by atoms with van der Waals surface area (Å²) in [7, 11) is 0. The van der Waals surface area contributed by atoms with Crippen LogP contribution in [0.2, 0.25) is 0 Å². The molecule has 11 heteroatoms. The first-order chi connectivity index (χ1) is 19.9. The van der Waals surface area contributed by atoms with Crippen LogP contribution in [-0.4, -0.2) is 34.6 Å². The topological polar surface area (TPSA) is 128 Å². The third-order valence-corrected chi connectivity index (χ3v) is 9.56. The summed E-state index contributed by atoms with van der Waals surface area (Å²) in [5, 5.41) is 16.8. The van der Waals surface area contributed by atoms with E-state index in [4.69, 9.17) is 4.74 Å². The van der Waals surface area contributed by atoms with Crippen molar-refractivity contribution in [1.29, 1.82) is 0 Å². The number of nitro groups is 1. The standard InChI is InChI=1S/C31H35N3O6S2/c1-6-40-30(37)26-24-14-13-20(31(3,4)5)16-25(24)42-29(26)33-27(35)18(2)41-23-12-8-10-21(17-23)32-28(36)19-9-7-11-22(15-19)34(38)39/h7-12,15,17-18,20H,6,13-14,16H2,1-5H3,(H,32,36)(H,33,35). The molecule has 0 bridgehead atoms. The molecule has 42 heavy (non-hydrogen) atoms. The zero-order chi connectivity index (χ0) is 30.6. The van der Waals surface area contributed by atoms with Gasteiger partial charge in [-0.15, -0.1) is 23.1 Å². The summed E-state index contributed by atoms with van der Waals surface area (Å²) in [5.41, 5.74) is 2.10. The highest BCUT2D eigenvalue weighted by Gasteiger charge is 2.35. The number of amides is 2. The van der Waals surface area contributed by atoms with Crippen LogP contribution < -0.4 is 10.6 Å². The van der Waals surface area contributed by atoms with E-state index in [0.29, 0.717) is 22.2 Å². The molecule has 9 nitrogen and oxygen atoms in total. The number of rotatable bonds is 9. The van der Waals surface area contributed by atoms with E-state index in [1.54, 1.807) is 32.0 Å². The van der Waals surface area contributed by atoms with E-state index in [-0.39, 0.29) is 29.2 Å². The Kier molecular flexibility index (Phi) is 9.73. The molecule has 0 fully saturated rings. The fourth-order valence-corrected chi connectivity index (χ4v) is 7.16. The van der Waals surface area contributed by atoms with Crippen LogP contribution in [-0.2, 0) is 22.4 Å². The zero-order valence-corrected chi connectivity index (χ0v) is 25.9. The van der Waals surface area contributed by atoms with E-state index in [9.17, 15) is 24.5 Å². The average Bonchev–Trinajstić information content (AvgIpc) is 3.30. The van der Waals surface area contributed by atoms with Crippen molar-refractivity contribution in [2.24, 2.45) is 11.3 Å². The van der Waals surface area contributed by atoms with Gasteiger partial charge in [0.05, 0.1) is 22.3 Å². The molecule has 2 aromatic carbocycles. The van der Waals surface area contributed by atoms with Gasteiger partial charge in [-0.3, -0.25) is 19.7 Å². The van der Waals surface area contributed by atoms with Crippen LogP contribution >= 0.6 is 23.1 Å². The van der Waals surface area contributed by atoms with Gasteiger partial charge in [-0.25, -0.2) is 4.79 Å². The van der Waals surface area contributed by atoms with Gasteiger partial charge in [0.2, 0.25) is 5.91 Å². The fraction of sp³-hybridized carbons (Fsp3) is 0.387. The van der Waals surface area contributed by atoms with E-state index in [2.05, 4.69) is 31.4 Å². The van der Waals surface area contributed by atoms with Gasteiger partial charge in [-0.05, 0) is 74.3 Å². The van der Waals surface area contributed by atoms with Crippen LogP contribution in [0.3, 0.4) is 0 Å². The van der Waals surface area contributed by atoms with Crippen molar-refractivity contribution in [3.8, 4) is 0 Å². The lowest BCUT2D eigenvalue weighted by Gasteiger charge is -2.33. The maximum absolute atomic E-state index is 13.3. The lowest BCUT2D eigenvalue weighted by molar-refractivity contribution is -0.384. The van der Waals surface area contributed by atoms with Gasteiger partial charge < -0.3 is 15.4 Å². The van der Waals surface area contributed by atoms with E-state index < -0.39 is 22.0 Å². The zero-order valence-electron chi connectivity index (χ0n) is 24.3. The van der Waals surface area contributed by atoms with E-state index in [1.165, 1.54) is 47.4 Å². The van der Waals surface area contributed by atoms with Crippen LogP contribution in [0.15, 0.2) is 53.4 Å². The molecule has 3 aromatic rings. The van der Waals surface area contributed by atoms with Gasteiger partial charge in [-0.1, -0.05) is 32.9 Å². The second kappa shape index (κ2) is 13.1. The molecule has 0 saturated heterocycles. The highest BCUT2D eigenvalue weighted by molar-refractivity contribution is 8.00. The summed E-state index contributed by atoms with van der Waals surface area (Å²) in [6, 6.07) is 12.5. The molecule has 0 radical (unpaired) electrons. The van der Waals surface area contributed by atoms with Gasteiger partial charge in [0, 0.05) is 33.2 Å². The number of non-ortho nitro benzene ring substituents is 1. The molecule has 0 saturated carbocycles. The van der Waals surface area contributed by atoms with Gasteiger partial charge in [0.25, 0.3) is 11.6 Å². The van der Waals surface area contributed by atoms with Crippen molar-refractivity contribution in [2.45, 2.75) is 64.0 Å². The van der Waals surface area contributed by atoms with E-state index in [1.807, 2.05) is 6.07 Å². The molecule has 1 aliphatic rings. The smallest absolute Gasteiger partial charge is 0.341 e. The minimum atomic E-state index is -0.551. The number of thiophene rings is 1. The minimum absolute atomic E-state index is 0.146. The van der Waals surface area contributed by atoms with Gasteiger partial charge >= 0.3 is 5.97 Å². The number of nitro benzene ring substituents is 1. The first kappa shape index (κ1) is 31.2. The molecule has 0 spiro atoms. The molecule has 4 rings (SSSR count). The number of carbonyl (C=O) groups excluding carboxylic acids is 3. The molecule has 0 aliphatic heterocycles. The summed E-state index contributed by atoms with van der Waals surface area (Å²) >= 11 is 2.78. The number of ether oxygens (including phenoxy) is 1. The summed E-state index contributed by atoms with van der Waals surface area (Å²) in [4.78, 5) is 51.3. The Balaban J connectivity index is 1.46. The van der Waals surface area contributed by atoms with Crippen LogP contribution in [0.25, 0.3) is 0 Å². The molecular weight excluding hydrogens is 574 g/mol. The summed E-state index contributed by atoms with van der Waals surface area (Å²) < 4.78 is 5.36. The number of hydrogen-bond acceptors (Lipinski definition) is 8. The Morgan fingerprint density at radius 2 is 1.88 bits per heavy atom. The Bertz CT molecular complexity index is 1510. The molecule has 1 aliphatic carbocycles. The largest absolute Gasteiger partial charge is 0.462 e. The number of anilines is 2. The fourth-order valence-electron chi connectivity index (χ4n) is 4.91. The van der Waals surface area contributed by atoms with E-state index >= 15 is 0 Å². The first-order valence-electron chi connectivity index (χ1n) is 13.8. The Labute approximate surface area is 253 Å². The maximum Gasteiger partial charge on any atom is 0.341 e. The number of carbonyl (C=O) groups is 3. The number of esters is 1. The lowest BCUT2D eigenvalue weighted by atomic mass is 9.72. The van der Waals surface area contributed by atoms with Crippen LogP contribution in [0.1, 0.15) is 72.2 Å². The predicted molar refractivity (Wildman–Crippen MR) is 167 cm³/mol. The van der Waals surface area contributed by atoms with Crippen molar-refractivity contribution in [3.63, 3.8) is 0 Å². The quantitative estimate of drug-likeness (QED) is 0.112. The molecule has 2 N–H and O–H groups in total. The summed E-state index contributed by atoms with van der Waals surface area (Å²) in [6.07, 6.45) is 2.62. The normalized spacial score (nSPS) is 15.3. The summed E-state index contributed by atoms with van der Waals surface area (Å²) in [5.74, 6) is -0.649.